The van der Waals surface area contributed by atoms with Crippen LogP contribution in [0.4, 0.5) is 0 Å². The Bertz CT molecular complexity index is 449. The Morgan fingerprint density at radius 3 is 3.00 bits per heavy atom. The topological polar surface area (TPSA) is 41.6 Å². The summed E-state index contributed by atoms with van der Waals surface area (Å²) in [4.78, 5) is 13.6. The largest absolute Gasteiger partial charge is 0.493 e. The van der Waals surface area contributed by atoms with E-state index < -0.39 is 0 Å². The third-order valence-electron chi connectivity index (χ3n) is 3.10. The van der Waals surface area contributed by atoms with E-state index >= 15 is 0 Å². The third kappa shape index (κ3) is 5.80. The first-order valence-corrected chi connectivity index (χ1v) is 7.37. The smallest absolute Gasteiger partial charge is 0.234 e. The van der Waals surface area contributed by atoms with Gasteiger partial charge in [-0.1, -0.05) is 17.7 Å². The monoisotopic (exact) mass is 296 g/mol. The maximum atomic E-state index is 11.6. The van der Waals surface area contributed by atoms with Crippen molar-refractivity contribution < 1.29 is 9.53 Å². The number of halogens is 1. The molecule has 0 aliphatic heterocycles. The van der Waals surface area contributed by atoms with Gasteiger partial charge in [0.1, 0.15) is 5.75 Å². The molecule has 1 aliphatic carbocycles. The van der Waals surface area contributed by atoms with Gasteiger partial charge in [0.15, 0.2) is 0 Å². The highest BCUT2D eigenvalue weighted by Gasteiger charge is 2.23. The van der Waals surface area contributed by atoms with Gasteiger partial charge in [0.25, 0.3) is 0 Å². The number of nitrogens with zero attached hydrogens (tertiary/aromatic N) is 1. The van der Waals surface area contributed by atoms with E-state index in [4.69, 9.17) is 16.3 Å². The van der Waals surface area contributed by atoms with Crippen LogP contribution in [0.3, 0.4) is 0 Å². The van der Waals surface area contributed by atoms with Crippen molar-refractivity contribution in [1.82, 2.24) is 10.2 Å². The predicted octanol–water partition coefficient (Wildman–Crippen LogP) is 2.32. The number of likely N-dealkylation sites (N-methyl/N-ethyl adjacent to an activating group) is 1. The second-order valence-corrected chi connectivity index (χ2v) is 5.68. The Morgan fingerprint density at radius 1 is 1.50 bits per heavy atom. The van der Waals surface area contributed by atoms with Gasteiger partial charge in [-0.2, -0.15) is 0 Å². The molecule has 1 saturated carbocycles. The summed E-state index contributed by atoms with van der Waals surface area (Å²) in [6.07, 6.45) is 3.13. The Kier molecular flexibility index (Phi) is 5.68. The molecule has 4 nitrogen and oxygen atoms in total. The van der Waals surface area contributed by atoms with Crippen molar-refractivity contribution in [2.75, 3.05) is 26.7 Å². The maximum Gasteiger partial charge on any atom is 0.234 e. The quantitative estimate of drug-likeness (QED) is 0.749. The number of benzene rings is 1. The van der Waals surface area contributed by atoms with Crippen LogP contribution < -0.4 is 10.1 Å². The van der Waals surface area contributed by atoms with Crippen LogP contribution in [-0.4, -0.2) is 43.6 Å². The fourth-order valence-electron chi connectivity index (χ4n) is 1.91. The van der Waals surface area contributed by atoms with Gasteiger partial charge in [-0.3, -0.25) is 9.69 Å². The molecule has 1 fully saturated rings. The molecule has 0 spiro atoms. The molecule has 1 amide bonds. The van der Waals surface area contributed by atoms with Gasteiger partial charge in [0.05, 0.1) is 13.2 Å². The van der Waals surface area contributed by atoms with Crippen molar-refractivity contribution in [2.24, 2.45) is 0 Å². The number of hydrogen-bond donors (Lipinski definition) is 1. The minimum atomic E-state index is 0.116. The summed E-state index contributed by atoms with van der Waals surface area (Å²) in [6.45, 7) is 1.90. The second-order valence-electron chi connectivity index (χ2n) is 5.24. The van der Waals surface area contributed by atoms with Crippen molar-refractivity contribution in [1.29, 1.82) is 0 Å². The summed E-state index contributed by atoms with van der Waals surface area (Å²) in [5, 5.41) is 3.66. The molecule has 1 aromatic rings. The Balaban J connectivity index is 1.56. The summed E-state index contributed by atoms with van der Waals surface area (Å²) < 4.78 is 5.61. The number of amides is 1. The summed E-state index contributed by atoms with van der Waals surface area (Å²) >= 11 is 5.88. The molecule has 1 aromatic carbocycles. The van der Waals surface area contributed by atoms with Gasteiger partial charge in [0.2, 0.25) is 5.91 Å². The van der Waals surface area contributed by atoms with Gasteiger partial charge >= 0.3 is 0 Å². The zero-order valence-electron chi connectivity index (χ0n) is 11.8. The van der Waals surface area contributed by atoms with Crippen molar-refractivity contribution in [3.63, 3.8) is 0 Å². The molecular weight excluding hydrogens is 276 g/mol. The van der Waals surface area contributed by atoms with Gasteiger partial charge in [-0.05, 0) is 44.5 Å². The average Bonchev–Trinajstić information content (AvgIpc) is 3.18. The van der Waals surface area contributed by atoms with E-state index in [2.05, 4.69) is 5.32 Å². The van der Waals surface area contributed by atoms with Crippen LogP contribution in [0, 0.1) is 0 Å². The van der Waals surface area contributed by atoms with E-state index in [1.54, 1.807) is 6.07 Å². The number of carbonyl (C=O) groups is 1. The SMILES string of the molecule is CN(CCCOc1cccc(Cl)c1)CC(=O)NC1CC1. The fourth-order valence-corrected chi connectivity index (χ4v) is 2.09. The van der Waals surface area contributed by atoms with Crippen LogP contribution >= 0.6 is 11.6 Å². The van der Waals surface area contributed by atoms with Gasteiger partial charge in [-0.15, -0.1) is 0 Å². The zero-order chi connectivity index (χ0) is 14.4. The first kappa shape index (κ1) is 15.1. The van der Waals surface area contributed by atoms with Crippen molar-refractivity contribution in [3.05, 3.63) is 29.3 Å². The van der Waals surface area contributed by atoms with Crippen LogP contribution in [0.15, 0.2) is 24.3 Å². The lowest BCUT2D eigenvalue weighted by atomic mass is 10.3. The highest BCUT2D eigenvalue weighted by atomic mass is 35.5. The normalized spacial score (nSPS) is 14.3. The lowest BCUT2D eigenvalue weighted by molar-refractivity contribution is -0.122. The summed E-state index contributed by atoms with van der Waals surface area (Å²) in [5.74, 6) is 0.900. The molecule has 0 atom stereocenters. The van der Waals surface area contributed by atoms with Crippen molar-refractivity contribution in [2.45, 2.75) is 25.3 Å². The summed E-state index contributed by atoms with van der Waals surface area (Å²) in [6, 6.07) is 7.81. The molecule has 1 aliphatic rings. The molecule has 110 valence electrons. The maximum absolute atomic E-state index is 11.6. The van der Waals surface area contributed by atoms with E-state index in [1.165, 1.54) is 0 Å². The Labute approximate surface area is 125 Å². The highest BCUT2D eigenvalue weighted by Crippen LogP contribution is 2.18. The number of ether oxygens (including phenoxy) is 1. The average molecular weight is 297 g/mol. The van der Waals surface area contributed by atoms with Gasteiger partial charge < -0.3 is 10.1 Å². The molecule has 2 rings (SSSR count). The number of carbonyl (C=O) groups excluding carboxylic acids is 1. The van der Waals surface area contributed by atoms with E-state index in [1.807, 2.05) is 30.1 Å². The molecule has 1 N–H and O–H groups in total. The first-order valence-electron chi connectivity index (χ1n) is 7.00. The second kappa shape index (κ2) is 7.50. The standard InChI is InChI=1S/C15H21ClN2O2/c1-18(11-15(19)17-13-6-7-13)8-3-9-20-14-5-2-4-12(16)10-14/h2,4-5,10,13H,3,6-9,11H2,1H3,(H,17,19). The Hall–Kier alpha value is -1.26. The van der Waals surface area contributed by atoms with Gasteiger partial charge in [0, 0.05) is 17.6 Å². The molecule has 20 heavy (non-hydrogen) atoms. The summed E-state index contributed by atoms with van der Waals surface area (Å²) in [7, 11) is 1.95. The number of rotatable bonds is 8. The lowest BCUT2D eigenvalue weighted by Crippen LogP contribution is -2.36. The summed E-state index contributed by atoms with van der Waals surface area (Å²) in [5.41, 5.74) is 0. The third-order valence-corrected chi connectivity index (χ3v) is 3.34. The number of nitrogens with one attached hydrogen (secondary N) is 1. The van der Waals surface area contributed by atoms with E-state index in [0.29, 0.717) is 24.2 Å². The zero-order valence-corrected chi connectivity index (χ0v) is 12.5. The van der Waals surface area contributed by atoms with Gasteiger partial charge in [-0.25, -0.2) is 0 Å². The van der Waals surface area contributed by atoms with Crippen LogP contribution in [-0.2, 0) is 4.79 Å². The molecule has 0 radical (unpaired) electrons. The van der Waals surface area contributed by atoms with Crippen molar-refractivity contribution >= 4 is 17.5 Å². The van der Waals surface area contributed by atoms with E-state index in [0.717, 1.165) is 31.6 Å². The van der Waals surface area contributed by atoms with E-state index in [9.17, 15) is 4.79 Å². The Morgan fingerprint density at radius 2 is 2.30 bits per heavy atom. The van der Waals surface area contributed by atoms with Crippen LogP contribution in [0.1, 0.15) is 19.3 Å². The first-order chi connectivity index (χ1) is 9.63. The molecule has 0 saturated heterocycles. The fraction of sp³-hybridized carbons (Fsp3) is 0.533. The molecule has 0 aromatic heterocycles. The number of hydrogen-bond acceptors (Lipinski definition) is 3. The van der Waals surface area contributed by atoms with Crippen LogP contribution in [0.25, 0.3) is 0 Å². The van der Waals surface area contributed by atoms with Crippen LogP contribution in [0.2, 0.25) is 5.02 Å². The predicted molar refractivity (Wildman–Crippen MR) is 80.2 cm³/mol. The van der Waals surface area contributed by atoms with Crippen molar-refractivity contribution in [3.8, 4) is 5.75 Å². The molecular formula is C15H21ClN2O2. The molecule has 0 heterocycles. The van der Waals surface area contributed by atoms with E-state index in [-0.39, 0.29) is 5.91 Å². The minimum absolute atomic E-state index is 0.116. The minimum Gasteiger partial charge on any atom is -0.493 e. The molecule has 5 heteroatoms. The molecule has 0 unspecified atom stereocenters. The highest BCUT2D eigenvalue weighted by molar-refractivity contribution is 6.30. The lowest BCUT2D eigenvalue weighted by Gasteiger charge is -2.16. The molecule has 0 bridgehead atoms. The van der Waals surface area contributed by atoms with Crippen LogP contribution in [0.5, 0.6) is 5.75 Å².